The van der Waals surface area contributed by atoms with Crippen molar-refractivity contribution in [1.82, 2.24) is 15.5 Å². The number of carbonyl (C=O) groups is 2. The van der Waals surface area contributed by atoms with Gasteiger partial charge in [-0.25, -0.2) is 4.39 Å². The fourth-order valence-corrected chi connectivity index (χ4v) is 4.55. The summed E-state index contributed by atoms with van der Waals surface area (Å²) in [7, 11) is 1.88. The number of benzene rings is 3. The second-order valence-electron chi connectivity index (χ2n) is 12.1. The summed E-state index contributed by atoms with van der Waals surface area (Å²) in [6, 6.07) is 22.7. The number of nitrogens with zero attached hydrogens (tertiary/aromatic N) is 1. The Morgan fingerprint density at radius 1 is 0.854 bits per heavy atom. The zero-order chi connectivity index (χ0) is 30.0. The summed E-state index contributed by atoms with van der Waals surface area (Å²) in [6.07, 6.45) is 0.952. The molecule has 3 aromatic carbocycles. The summed E-state index contributed by atoms with van der Waals surface area (Å²) in [5.74, 6) is 0.250. The highest BCUT2D eigenvalue weighted by atomic mass is 19.1. The monoisotopic (exact) mass is 561 g/mol. The molecule has 6 nitrogen and oxygen atoms in total. The number of rotatable bonds is 13. The maximum absolute atomic E-state index is 13.7. The Morgan fingerprint density at radius 2 is 1.46 bits per heavy atom. The van der Waals surface area contributed by atoms with Crippen LogP contribution in [0.15, 0.2) is 78.9 Å². The van der Waals surface area contributed by atoms with Gasteiger partial charge in [-0.1, -0.05) is 68.4 Å². The summed E-state index contributed by atoms with van der Waals surface area (Å²) >= 11 is 0. The molecule has 2 atom stereocenters. The molecule has 3 aromatic rings. The van der Waals surface area contributed by atoms with E-state index in [1.54, 1.807) is 12.1 Å². The normalized spacial score (nSPS) is 13.1. The first kappa shape index (κ1) is 31.8. The Morgan fingerprint density at radius 3 is 2.05 bits per heavy atom. The molecule has 0 spiro atoms. The van der Waals surface area contributed by atoms with Gasteiger partial charge in [-0.05, 0) is 81.1 Å². The predicted octanol–water partition coefficient (Wildman–Crippen LogP) is 5.89. The molecule has 0 saturated heterocycles. The van der Waals surface area contributed by atoms with Crippen molar-refractivity contribution in [2.75, 3.05) is 7.05 Å². The molecule has 2 amide bonds. The second-order valence-corrected chi connectivity index (χ2v) is 12.1. The van der Waals surface area contributed by atoms with Gasteiger partial charge in [0.15, 0.2) is 0 Å². The SMILES string of the molecule is CC(C)C[C@@H](C(=O)N[C@@H](Cc1ccc(OCc2ccccc2)cc1)C(=O)NC(C)(C)C)N(C)Cc1ccc(F)cc1. The quantitative estimate of drug-likeness (QED) is 0.273. The Hall–Kier alpha value is -3.71. The van der Waals surface area contributed by atoms with E-state index in [-0.39, 0.29) is 23.5 Å². The summed E-state index contributed by atoms with van der Waals surface area (Å²) < 4.78 is 19.3. The number of likely N-dealkylation sites (N-methyl/N-ethyl adjacent to an activating group) is 1. The van der Waals surface area contributed by atoms with Crippen molar-refractivity contribution in [1.29, 1.82) is 0 Å². The first-order valence-electron chi connectivity index (χ1n) is 14.2. The van der Waals surface area contributed by atoms with E-state index in [0.717, 1.165) is 22.4 Å². The van der Waals surface area contributed by atoms with Crippen LogP contribution in [0.4, 0.5) is 4.39 Å². The molecule has 0 fully saturated rings. The van der Waals surface area contributed by atoms with Crippen LogP contribution in [-0.4, -0.2) is 41.4 Å². The van der Waals surface area contributed by atoms with Gasteiger partial charge in [-0.2, -0.15) is 0 Å². The van der Waals surface area contributed by atoms with Gasteiger partial charge in [0.05, 0.1) is 6.04 Å². The molecule has 41 heavy (non-hydrogen) atoms. The summed E-state index contributed by atoms with van der Waals surface area (Å²) in [6.45, 7) is 10.8. The van der Waals surface area contributed by atoms with Crippen molar-refractivity contribution in [3.05, 3.63) is 101 Å². The van der Waals surface area contributed by atoms with Gasteiger partial charge < -0.3 is 15.4 Å². The van der Waals surface area contributed by atoms with E-state index in [1.165, 1.54) is 12.1 Å². The number of nitrogens with one attached hydrogen (secondary N) is 2. The zero-order valence-corrected chi connectivity index (χ0v) is 25.1. The molecular formula is C34H44FN3O3. The van der Waals surface area contributed by atoms with Crippen molar-refractivity contribution in [2.24, 2.45) is 5.92 Å². The maximum Gasteiger partial charge on any atom is 0.243 e. The second kappa shape index (κ2) is 14.8. The van der Waals surface area contributed by atoms with Crippen LogP contribution in [0.5, 0.6) is 5.75 Å². The van der Waals surface area contributed by atoms with E-state index < -0.39 is 17.6 Å². The standard InChI is InChI=1S/C34H44FN3O3/c1-24(2)20-31(38(6)22-26-12-16-28(35)17-13-26)33(40)36-30(32(39)37-34(3,4)5)21-25-14-18-29(19-15-25)41-23-27-10-8-7-9-11-27/h7-19,24,30-31H,20-23H2,1-6H3,(H,36,40)(H,37,39)/t30-,31-/m0/s1. The molecule has 2 N–H and O–H groups in total. The number of halogens is 1. The Balaban J connectivity index is 1.73. The van der Waals surface area contributed by atoms with E-state index in [0.29, 0.717) is 26.0 Å². The van der Waals surface area contributed by atoms with E-state index in [4.69, 9.17) is 4.74 Å². The van der Waals surface area contributed by atoms with Gasteiger partial charge in [0.2, 0.25) is 11.8 Å². The Bertz CT molecular complexity index is 1240. The van der Waals surface area contributed by atoms with Crippen LogP contribution >= 0.6 is 0 Å². The highest BCUT2D eigenvalue weighted by Crippen LogP contribution is 2.18. The van der Waals surface area contributed by atoms with Gasteiger partial charge in [0.25, 0.3) is 0 Å². The zero-order valence-electron chi connectivity index (χ0n) is 25.1. The van der Waals surface area contributed by atoms with E-state index in [1.807, 2.05) is 87.3 Å². The number of carbonyl (C=O) groups excluding carboxylic acids is 2. The molecule has 0 bridgehead atoms. The van der Waals surface area contributed by atoms with Crippen molar-refractivity contribution in [3.63, 3.8) is 0 Å². The third kappa shape index (κ3) is 11.0. The molecule has 0 aliphatic heterocycles. The maximum atomic E-state index is 13.7. The van der Waals surface area contributed by atoms with Crippen LogP contribution in [0.1, 0.15) is 57.7 Å². The van der Waals surface area contributed by atoms with Gasteiger partial charge >= 0.3 is 0 Å². The fourth-order valence-electron chi connectivity index (χ4n) is 4.55. The predicted molar refractivity (Wildman–Crippen MR) is 162 cm³/mol. The average molecular weight is 562 g/mol. The molecule has 0 saturated carbocycles. The lowest BCUT2D eigenvalue weighted by atomic mass is 9.99. The fraction of sp³-hybridized carbons (Fsp3) is 0.412. The lowest BCUT2D eigenvalue weighted by Gasteiger charge is -2.31. The van der Waals surface area contributed by atoms with Crippen LogP contribution in [0.2, 0.25) is 0 Å². The molecule has 0 unspecified atom stereocenters. The number of ether oxygens (including phenoxy) is 1. The van der Waals surface area contributed by atoms with Gasteiger partial charge in [0.1, 0.15) is 24.2 Å². The highest BCUT2D eigenvalue weighted by molar-refractivity contribution is 5.90. The van der Waals surface area contributed by atoms with E-state index in [9.17, 15) is 14.0 Å². The lowest BCUT2D eigenvalue weighted by Crippen LogP contribution is -2.56. The van der Waals surface area contributed by atoms with Gasteiger partial charge in [0, 0.05) is 18.5 Å². The van der Waals surface area contributed by atoms with Crippen molar-refractivity contribution < 1.29 is 18.7 Å². The van der Waals surface area contributed by atoms with Crippen LogP contribution < -0.4 is 15.4 Å². The number of amides is 2. The van der Waals surface area contributed by atoms with Gasteiger partial charge in [-0.15, -0.1) is 0 Å². The summed E-state index contributed by atoms with van der Waals surface area (Å²) in [4.78, 5) is 29.0. The minimum Gasteiger partial charge on any atom is -0.489 e. The van der Waals surface area contributed by atoms with Crippen molar-refractivity contribution >= 4 is 11.8 Å². The molecule has 3 rings (SSSR count). The minimum absolute atomic E-state index is 0.208. The number of hydrogen-bond acceptors (Lipinski definition) is 4. The first-order chi connectivity index (χ1) is 19.4. The largest absolute Gasteiger partial charge is 0.489 e. The minimum atomic E-state index is -0.758. The molecule has 220 valence electrons. The van der Waals surface area contributed by atoms with Crippen LogP contribution in [-0.2, 0) is 29.2 Å². The third-order valence-corrected chi connectivity index (χ3v) is 6.62. The molecule has 0 heterocycles. The van der Waals surface area contributed by atoms with Gasteiger partial charge in [-0.3, -0.25) is 14.5 Å². The summed E-state index contributed by atoms with van der Waals surface area (Å²) in [5, 5.41) is 6.07. The van der Waals surface area contributed by atoms with Crippen LogP contribution in [0.3, 0.4) is 0 Å². The molecule has 0 aromatic heterocycles. The van der Waals surface area contributed by atoms with Crippen molar-refractivity contribution in [2.45, 2.75) is 78.2 Å². The van der Waals surface area contributed by atoms with Crippen LogP contribution in [0.25, 0.3) is 0 Å². The van der Waals surface area contributed by atoms with Crippen molar-refractivity contribution in [3.8, 4) is 5.75 Å². The molecule has 0 radical (unpaired) electrons. The average Bonchev–Trinajstić information content (AvgIpc) is 2.91. The third-order valence-electron chi connectivity index (χ3n) is 6.62. The first-order valence-corrected chi connectivity index (χ1v) is 14.2. The molecular weight excluding hydrogens is 517 g/mol. The summed E-state index contributed by atoms with van der Waals surface area (Å²) in [5.41, 5.74) is 2.45. The Labute approximate surface area is 244 Å². The topological polar surface area (TPSA) is 70.7 Å². The molecule has 7 heteroatoms. The van der Waals surface area contributed by atoms with E-state index in [2.05, 4.69) is 24.5 Å². The lowest BCUT2D eigenvalue weighted by molar-refractivity contribution is -0.132. The Kier molecular flexibility index (Phi) is 11.5. The number of hydrogen-bond donors (Lipinski definition) is 2. The molecule has 0 aliphatic rings. The molecule has 0 aliphatic carbocycles. The van der Waals surface area contributed by atoms with E-state index >= 15 is 0 Å². The smallest absolute Gasteiger partial charge is 0.243 e. The highest BCUT2D eigenvalue weighted by Gasteiger charge is 2.30. The van der Waals surface area contributed by atoms with Crippen LogP contribution in [0, 0.1) is 11.7 Å².